The molecule has 0 aromatic carbocycles. The van der Waals surface area contributed by atoms with Crippen LogP contribution in [-0.4, -0.2) is 40.2 Å². The van der Waals surface area contributed by atoms with Crippen molar-refractivity contribution < 1.29 is 23.8 Å². The first-order valence-electron chi connectivity index (χ1n) is 7.03. The van der Waals surface area contributed by atoms with Gasteiger partial charge in [-0.3, -0.25) is 4.79 Å². The molecule has 2 N–H and O–H groups in total. The molecule has 22 heavy (non-hydrogen) atoms. The van der Waals surface area contributed by atoms with Crippen molar-refractivity contribution in [3.05, 3.63) is 29.8 Å². The van der Waals surface area contributed by atoms with Crippen LogP contribution in [0.4, 0.5) is 4.39 Å². The molecule has 0 spiro atoms. The number of hydrogen-bond acceptors (Lipinski definition) is 4. The lowest BCUT2D eigenvalue weighted by molar-refractivity contribution is -0.190. The molecule has 1 aromatic rings. The number of halogens is 1. The monoisotopic (exact) mass is 310 g/mol. The third-order valence-electron chi connectivity index (χ3n) is 4.42. The Morgan fingerprint density at radius 2 is 2.18 bits per heavy atom. The van der Waals surface area contributed by atoms with E-state index in [-0.39, 0.29) is 18.2 Å². The number of carbonyl (C=O) groups is 2. The Morgan fingerprint density at radius 1 is 1.50 bits per heavy atom. The molecule has 7 heteroatoms. The van der Waals surface area contributed by atoms with Crippen LogP contribution in [0.15, 0.2) is 18.3 Å². The van der Waals surface area contributed by atoms with Crippen molar-refractivity contribution in [1.82, 2.24) is 10.3 Å². The van der Waals surface area contributed by atoms with Gasteiger partial charge in [-0.05, 0) is 19.1 Å². The Bertz CT molecular complexity index is 588. The predicted molar refractivity (Wildman–Crippen MR) is 75.8 cm³/mol. The average Bonchev–Trinajstić information content (AvgIpc) is 2.46. The number of carboxylic acid groups (broad SMARTS) is 1. The largest absolute Gasteiger partial charge is 0.479 e. The molecule has 1 saturated carbocycles. The van der Waals surface area contributed by atoms with E-state index < -0.39 is 28.6 Å². The third-order valence-corrected chi connectivity index (χ3v) is 4.42. The molecular weight excluding hydrogens is 291 g/mol. The molecule has 1 heterocycles. The van der Waals surface area contributed by atoms with Crippen molar-refractivity contribution >= 4 is 11.9 Å². The molecule has 0 saturated heterocycles. The van der Waals surface area contributed by atoms with Crippen LogP contribution in [0.1, 0.15) is 37.7 Å². The molecule has 1 amide bonds. The van der Waals surface area contributed by atoms with Gasteiger partial charge >= 0.3 is 5.97 Å². The van der Waals surface area contributed by atoms with E-state index in [2.05, 4.69) is 10.3 Å². The van der Waals surface area contributed by atoms with Gasteiger partial charge in [0, 0.05) is 18.4 Å². The highest BCUT2D eigenvalue weighted by molar-refractivity contribution is 5.97. The van der Waals surface area contributed by atoms with Crippen LogP contribution in [0, 0.1) is 11.2 Å². The van der Waals surface area contributed by atoms with Crippen molar-refractivity contribution in [1.29, 1.82) is 0 Å². The highest BCUT2D eigenvalue weighted by Gasteiger charge is 2.66. The second-order valence-electron chi connectivity index (χ2n) is 5.90. The molecule has 2 atom stereocenters. The van der Waals surface area contributed by atoms with E-state index in [9.17, 15) is 19.1 Å². The first-order valence-corrected chi connectivity index (χ1v) is 7.03. The molecule has 1 aliphatic carbocycles. The van der Waals surface area contributed by atoms with Gasteiger partial charge < -0.3 is 15.2 Å². The summed E-state index contributed by atoms with van der Waals surface area (Å²) in [7, 11) is 0. The first-order chi connectivity index (χ1) is 10.2. The number of carboxylic acids is 1. The summed E-state index contributed by atoms with van der Waals surface area (Å²) in [6, 6.07) is 2.32. The van der Waals surface area contributed by atoms with Gasteiger partial charge in [0.2, 0.25) is 0 Å². The smallest absolute Gasteiger partial charge is 0.330 e. The molecule has 1 aliphatic rings. The van der Waals surface area contributed by atoms with E-state index >= 15 is 0 Å². The minimum atomic E-state index is -1.43. The van der Waals surface area contributed by atoms with Gasteiger partial charge in [-0.25, -0.2) is 14.2 Å². The van der Waals surface area contributed by atoms with Gasteiger partial charge in [0.15, 0.2) is 0 Å². The molecular formula is C15H19FN2O4. The van der Waals surface area contributed by atoms with Gasteiger partial charge in [0.1, 0.15) is 17.1 Å². The number of ether oxygens (including phenoxy) is 1. The van der Waals surface area contributed by atoms with Gasteiger partial charge in [-0.15, -0.1) is 0 Å². The number of nitrogens with zero attached hydrogens (tertiary/aromatic N) is 1. The summed E-state index contributed by atoms with van der Waals surface area (Å²) in [5, 5.41) is 12.1. The van der Waals surface area contributed by atoms with Crippen LogP contribution in [0.2, 0.25) is 0 Å². The molecule has 1 fully saturated rings. The van der Waals surface area contributed by atoms with Gasteiger partial charge in [-0.2, -0.15) is 0 Å². The summed E-state index contributed by atoms with van der Waals surface area (Å²) < 4.78 is 18.4. The zero-order valence-electron chi connectivity index (χ0n) is 12.7. The zero-order valence-corrected chi connectivity index (χ0v) is 12.7. The Kier molecular flexibility index (Phi) is 4.19. The Hall–Kier alpha value is -2.02. The van der Waals surface area contributed by atoms with Crippen molar-refractivity contribution in [2.75, 3.05) is 6.61 Å². The van der Waals surface area contributed by atoms with Crippen LogP contribution < -0.4 is 5.32 Å². The molecule has 1 aromatic heterocycles. The van der Waals surface area contributed by atoms with E-state index in [1.807, 2.05) is 6.92 Å². The second kappa shape index (κ2) is 5.64. The quantitative estimate of drug-likeness (QED) is 0.862. The highest BCUT2D eigenvalue weighted by atomic mass is 19.1. The van der Waals surface area contributed by atoms with E-state index in [0.29, 0.717) is 6.61 Å². The maximum Gasteiger partial charge on any atom is 0.330 e. The maximum atomic E-state index is 12.8. The number of amides is 1. The number of aliphatic carboxylic acids is 1. The van der Waals surface area contributed by atoms with Crippen LogP contribution in [0.3, 0.4) is 0 Å². The van der Waals surface area contributed by atoms with Crippen LogP contribution in [0.5, 0.6) is 0 Å². The summed E-state index contributed by atoms with van der Waals surface area (Å²) >= 11 is 0. The van der Waals surface area contributed by atoms with Gasteiger partial charge in [0.25, 0.3) is 5.91 Å². The lowest BCUT2D eigenvalue weighted by Gasteiger charge is -2.58. The number of hydrogen-bond donors (Lipinski definition) is 2. The molecule has 0 aliphatic heterocycles. The SMILES string of the molecule is CCO[C@H]1C[C@@](NC(=O)c2ccc(F)cn2)(C(=O)O)C1(C)C. The molecule has 6 nitrogen and oxygen atoms in total. The highest BCUT2D eigenvalue weighted by Crippen LogP contribution is 2.51. The van der Waals surface area contributed by atoms with Crippen molar-refractivity contribution in [2.24, 2.45) is 5.41 Å². The van der Waals surface area contributed by atoms with E-state index in [1.165, 1.54) is 6.07 Å². The number of pyridine rings is 1. The first kappa shape index (κ1) is 16.4. The van der Waals surface area contributed by atoms with Crippen molar-refractivity contribution in [3.63, 3.8) is 0 Å². The second-order valence-corrected chi connectivity index (χ2v) is 5.90. The number of rotatable bonds is 5. The lowest BCUT2D eigenvalue weighted by atomic mass is 9.54. The summed E-state index contributed by atoms with van der Waals surface area (Å²) in [6.45, 7) is 5.78. The van der Waals surface area contributed by atoms with Crippen molar-refractivity contribution in [2.45, 2.75) is 38.8 Å². The fourth-order valence-corrected chi connectivity index (χ4v) is 2.80. The van der Waals surface area contributed by atoms with E-state index in [0.717, 1.165) is 12.3 Å². The molecule has 0 bridgehead atoms. The fraction of sp³-hybridized carbons (Fsp3) is 0.533. The fourth-order valence-electron chi connectivity index (χ4n) is 2.80. The van der Waals surface area contributed by atoms with Crippen molar-refractivity contribution in [3.8, 4) is 0 Å². The number of carbonyl (C=O) groups excluding carboxylic acids is 1. The number of aromatic nitrogens is 1. The Labute approximate surface area is 127 Å². The van der Waals surface area contributed by atoms with Gasteiger partial charge in [0.05, 0.1) is 12.3 Å². The summed E-state index contributed by atoms with van der Waals surface area (Å²) in [5.41, 5.74) is -2.23. The van der Waals surface area contributed by atoms with Crippen LogP contribution in [-0.2, 0) is 9.53 Å². The Morgan fingerprint density at radius 3 is 2.64 bits per heavy atom. The minimum Gasteiger partial charge on any atom is -0.479 e. The molecule has 0 radical (unpaired) electrons. The molecule has 2 rings (SSSR count). The normalized spacial score (nSPS) is 26.1. The summed E-state index contributed by atoms with van der Waals surface area (Å²) in [6.07, 6.45) is 0.836. The number of nitrogens with one attached hydrogen (secondary N) is 1. The maximum absolute atomic E-state index is 12.8. The molecule has 0 unspecified atom stereocenters. The average molecular weight is 310 g/mol. The zero-order chi connectivity index (χ0) is 16.5. The third kappa shape index (κ3) is 2.45. The van der Waals surface area contributed by atoms with E-state index in [4.69, 9.17) is 4.74 Å². The Balaban J connectivity index is 2.22. The topological polar surface area (TPSA) is 88.5 Å². The standard InChI is InChI=1S/C15H19FN2O4/c1-4-22-11-7-15(13(20)21,14(11,2)3)18-12(19)10-6-5-9(16)8-17-10/h5-6,8,11H,4,7H2,1-3H3,(H,18,19)(H,20,21)/t11-,15+/m0/s1. The lowest BCUT2D eigenvalue weighted by Crippen LogP contribution is -2.76. The summed E-state index contributed by atoms with van der Waals surface area (Å²) in [5.74, 6) is -2.33. The van der Waals surface area contributed by atoms with Gasteiger partial charge in [-0.1, -0.05) is 13.8 Å². The minimum absolute atomic E-state index is 0.0299. The summed E-state index contributed by atoms with van der Waals surface area (Å²) in [4.78, 5) is 27.6. The molecule has 120 valence electrons. The van der Waals surface area contributed by atoms with E-state index in [1.54, 1.807) is 13.8 Å². The predicted octanol–water partition coefficient (Wildman–Crippen LogP) is 1.61. The van der Waals surface area contributed by atoms with Crippen LogP contribution in [0.25, 0.3) is 0 Å². The van der Waals surface area contributed by atoms with Crippen LogP contribution >= 0.6 is 0 Å².